The van der Waals surface area contributed by atoms with E-state index in [1.807, 2.05) is 0 Å². The van der Waals surface area contributed by atoms with E-state index in [2.05, 4.69) is 41.5 Å². The molecule has 0 bridgehead atoms. The predicted octanol–water partition coefficient (Wildman–Crippen LogP) is 7.43. The lowest BCUT2D eigenvalue weighted by atomic mass is 9.58. The van der Waals surface area contributed by atoms with E-state index in [4.69, 9.17) is 0 Å². The molecule has 8 unspecified atom stereocenters. The maximum Gasteiger partial charge on any atom is -0.0357 e. The quantitative estimate of drug-likeness (QED) is 0.493. The van der Waals surface area contributed by atoms with Gasteiger partial charge in [0.25, 0.3) is 0 Å². The molecule has 0 aromatic carbocycles. The van der Waals surface area contributed by atoms with Crippen molar-refractivity contribution in [3.63, 3.8) is 0 Å². The third-order valence-electron chi connectivity index (χ3n) is 9.74. The third-order valence-corrected chi connectivity index (χ3v) is 9.74. The molecule has 0 aromatic heterocycles. The molecule has 140 valence electrons. The minimum Gasteiger partial charge on any atom is -0.0622 e. The van der Waals surface area contributed by atoms with Crippen LogP contribution in [0.15, 0.2) is 0 Å². The molecule has 0 N–H and O–H groups in total. The fourth-order valence-electron chi connectivity index (χ4n) is 7.11. The van der Waals surface area contributed by atoms with Gasteiger partial charge in [-0.3, -0.25) is 0 Å². The highest BCUT2D eigenvalue weighted by Gasteiger charge is 2.41. The number of hydrogen-bond acceptors (Lipinski definition) is 0. The highest BCUT2D eigenvalue weighted by atomic mass is 14.5. The van der Waals surface area contributed by atoms with Crippen molar-refractivity contribution in [2.24, 2.45) is 59.2 Å². The lowest BCUT2D eigenvalue weighted by Crippen LogP contribution is -2.39. The zero-order valence-electron chi connectivity index (χ0n) is 17.4. The molecule has 24 heavy (non-hydrogen) atoms. The van der Waals surface area contributed by atoms with Crippen molar-refractivity contribution in [2.75, 3.05) is 0 Å². The second kappa shape index (κ2) is 7.71. The van der Waals surface area contributed by atoms with Crippen molar-refractivity contribution < 1.29 is 0 Å². The van der Waals surface area contributed by atoms with Crippen molar-refractivity contribution >= 4 is 0 Å². The Balaban J connectivity index is 1.54. The summed E-state index contributed by atoms with van der Waals surface area (Å²) in [5.41, 5.74) is 0. The molecule has 3 fully saturated rings. The molecule has 0 saturated heterocycles. The summed E-state index contributed by atoms with van der Waals surface area (Å²) < 4.78 is 0. The first-order valence-corrected chi connectivity index (χ1v) is 11.4. The van der Waals surface area contributed by atoms with Crippen molar-refractivity contribution in [2.45, 2.75) is 92.9 Å². The average molecular weight is 333 g/mol. The van der Waals surface area contributed by atoms with Gasteiger partial charge in [-0.25, -0.2) is 0 Å². The van der Waals surface area contributed by atoms with Crippen LogP contribution in [0.1, 0.15) is 92.9 Å². The molecule has 3 saturated carbocycles. The molecule has 0 aromatic rings. The van der Waals surface area contributed by atoms with Crippen LogP contribution in [0.2, 0.25) is 0 Å². The van der Waals surface area contributed by atoms with Crippen molar-refractivity contribution in [1.29, 1.82) is 0 Å². The molecule has 0 heterocycles. The zero-order valence-corrected chi connectivity index (χ0v) is 17.4. The standard InChI is InChI=1S/C24H44/c1-15-7-13-23(19(5)17(15)3)21-9-11-22(12-10-21)24-14-8-16(2)18(4)20(24)6/h15-24H,7-14H2,1-6H3. The Kier molecular flexibility index (Phi) is 6.03. The molecule has 0 aliphatic heterocycles. The van der Waals surface area contributed by atoms with E-state index in [0.29, 0.717) is 0 Å². The Morgan fingerprint density at radius 1 is 0.375 bits per heavy atom. The molecule has 3 rings (SSSR count). The van der Waals surface area contributed by atoms with Gasteiger partial charge in [0.15, 0.2) is 0 Å². The van der Waals surface area contributed by atoms with Crippen LogP contribution in [0, 0.1) is 59.2 Å². The van der Waals surface area contributed by atoms with Gasteiger partial charge in [-0.2, -0.15) is 0 Å². The monoisotopic (exact) mass is 332 g/mol. The largest absolute Gasteiger partial charge is 0.0622 e. The van der Waals surface area contributed by atoms with Crippen LogP contribution >= 0.6 is 0 Å². The van der Waals surface area contributed by atoms with Crippen LogP contribution < -0.4 is 0 Å². The van der Waals surface area contributed by atoms with Crippen LogP contribution in [-0.4, -0.2) is 0 Å². The maximum absolute atomic E-state index is 2.57. The minimum atomic E-state index is 0.946. The lowest BCUT2D eigenvalue weighted by Gasteiger charge is -2.47. The van der Waals surface area contributed by atoms with Crippen LogP contribution in [0.25, 0.3) is 0 Å². The van der Waals surface area contributed by atoms with E-state index in [-0.39, 0.29) is 0 Å². The average Bonchev–Trinajstić information content (AvgIpc) is 2.58. The Morgan fingerprint density at radius 3 is 1.04 bits per heavy atom. The van der Waals surface area contributed by atoms with Gasteiger partial charge in [0.2, 0.25) is 0 Å². The molecular formula is C24H44. The highest BCUT2D eigenvalue weighted by Crippen LogP contribution is 2.50. The fourth-order valence-corrected chi connectivity index (χ4v) is 7.11. The van der Waals surface area contributed by atoms with Crippen molar-refractivity contribution in [1.82, 2.24) is 0 Å². The Hall–Kier alpha value is 0. The second-order valence-electron chi connectivity index (χ2n) is 10.5. The molecule has 8 atom stereocenters. The van der Waals surface area contributed by atoms with Gasteiger partial charge in [0, 0.05) is 0 Å². The van der Waals surface area contributed by atoms with Crippen LogP contribution in [0.3, 0.4) is 0 Å². The van der Waals surface area contributed by atoms with Gasteiger partial charge in [0.1, 0.15) is 0 Å². The highest BCUT2D eigenvalue weighted by molar-refractivity contribution is 4.91. The van der Waals surface area contributed by atoms with Crippen molar-refractivity contribution in [3.8, 4) is 0 Å². The fraction of sp³-hybridized carbons (Fsp3) is 1.00. The zero-order chi connectivity index (χ0) is 17.4. The summed E-state index contributed by atoms with van der Waals surface area (Å²) in [4.78, 5) is 0. The van der Waals surface area contributed by atoms with Gasteiger partial charge in [0.05, 0.1) is 0 Å². The summed E-state index contributed by atoms with van der Waals surface area (Å²) in [6.07, 6.45) is 12.2. The minimum absolute atomic E-state index is 0.946. The van der Waals surface area contributed by atoms with E-state index >= 15 is 0 Å². The number of hydrogen-bond donors (Lipinski definition) is 0. The topological polar surface area (TPSA) is 0 Å². The molecular weight excluding hydrogens is 288 g/mol. The second-order valence-corrected chi connectivity index (χ2v) is 10.5. The first-order valence-electron chi connectivity index (χ1n) is 11.4. The predicted molar refractivity (Wildman–Crippen MR) is 106 cm³/mol. The Morgan fingerprint density at radius 2 is 0.708 bits per heavy atom. The van der Waals surface area contributed by atoms with Crippen LogP contribution in [0.5, 0.6) is 0 Å². The summed E-state index contributed by atoms with van der Waals surface area (Å²) in [6.45, 7) is 15.2. The molecule has 0 nitrogen and oxygen atoms in total. The van der Waals surface area contributed by atoms with Gasteiger partial charge in [-0.15, -0.1) is 0 Å². The van der Waals surface area contributed by atoms with Gasteiger partial charge in [-0.05, 0) is 97.7 Å². The Bertz CT molecular complexity index is 353. The molecule has 0 radical (unpaired) electrons. The summed E-state index contributed by atoms with van der Waals surface area (Å²) in [5.74, 6) is 9.93. The normalized spacial score (nSPS) is 53.8. The van der Waals surface area contributed by atoms with Crippen LogP contribution in [-0.2, 0) is 0 Å². The smallest absolute Gasteiger partial charge is 0.0357 e. The molecule has 0 spiro atoms. The molecule has 3 aliphatic carbocycles. The molecule has 3 aliphatic rings. The first-order chi connectivity index (χ1) is 11.4. The SMILES string of the molecule is CC1CCC(C2CCC(C3CCC(C)C(C)C3C)CC2)C(C)C1C. The summed E-state index contributed by atoms with van der Waals surface area (Å²) in [5, 5.41) is 0. The number of rotatable bonds is 2. The third kappa shape index (κ3) is 3.59. The molecule has 0 heteroatoms. The van der Waals surface area contributed by atoms with E-state index < -0.39 is 0 Å². The summed E-state index contributed by atoms with van der Waals surface area (Å²) >= 11 is 0. The molecule has 0 amide bonds. The van der Waals surface area contributed by atoms with E-state index in [1.165, 1.54) is 25.7 Å². The van der Waals surface area contributed by atoms with Gasteiger partial charge >= 0.3 is 0 Å². The van der Waals surface area contributed by atoms with E-state index in [0.717, 1.165) is 59.2 Å². The first kappa shape index (κ1) is 18.8. The van der Waals surface area contributed by atoms with Gasteiger partial charge < -0.3 is 0 Å². The maximum atomic E-state index is 2.57. The van der Waals surface area contributed by atoms with E-state index in [9.17, 15) is 0 Å². The summed E-state index contributed by atoms with van der Waals surface area (Å²) in [7, 11) is 0. The van der Waals surface area contributed by atoms with Crippen LogP contribution in [0.4, 0.5) is 0 Å². The lowest BCUT2D eigenvalue weighted by molar-refractivity contribution is 0.0248. The Labute approximate surface area is 152 Å². The summed E-state index contributed by atoms with van der Waals surface area (Å²) in [6, 6.07) is 0. The van der Waals surface area contributed by atoms with Gasteiger partial charge in [-0.1, -0.05) is 54.4 Å². The van der Waals surface area contributed by atoms with E-state index in [1.54, 1.807) is 25.7 Å². The van der Waals surface area contributed by atoms with Crippen molar-refractivity contribution in [3.05, 3.63) is 0 Å².